The van der Waals surface area contributed by atoms with Crippen molar-refractivity contribution in [2.75, 3.05) is 4.90 Å². The summed E-state index contributed by atoms with van der Waals surface area (Å²) in [6.45, 7) is 4.65. The summed E-state index contributed by atoms with van der Waals surface area (Å²) >= 11 is 0. The highest BCUT2D eigenvalue weighted by molar-refractivity contribution is 6.09. The van der Waals surface area contributed by atoms with E-state index in [0.29, 0.717) is 16.7 Å². The van der Waals surface area contributed by atoms with Crippen LogP contribution in [0.4, 0.5) is 17.1 Å². The molecule has 9 aromatic carbocycles. The molecule has 0 fully saturated rings. The van der Waals surface area contributed by atoms with Crippen molar-refractivity contribution in [1.29, 1.82) is 0 Å². The molecule has 0 atom stereocenters. The van der Waals surface area contributed by atoms with Gasteiger partial charge in [-0.3, -0.25) is 9.36 Å². The molecular formula is C59H41N3O2. The van der Waals surface area contributed by atoms with E-state index in [1.54, 1.807) is 4.57 Å². The second-order valence-electron chi connectivity index (χ2n) is 17.1. The van der Waals surface area contributed by atoms with Crippen molar-refractivity contribution < 1.29 is 4.42 Å². The van der Waals surface area contributed by atoms with Gasteiger partial charge in [-0.1, -0.05) is 166 Å². The van der Waals surface area contributed by atoms with Gasteiger partial charge in [0.2, 0.25) is 0 Å². The van der Waals surface area contributed by atoms with E-state index in [2.05, 4.69) is 146 Å². The lowest BCUT2D eigenvalue weighted by atomic mass is 9.82. The standard InChI is InChI=1S/C59H41N3O2/c1-59(2)50-26-11-9-23-48(50)55-51(59)27-15-28-53(55)61(43-33-30-38(31-34-43)45-24-14-25-47-46-22-10-12-29-54(46)64-56(45)47)44-21-13-18-40(36-44)41-32-35-49-52(37-41)60-57(39-16-5-3-6-17-39)62(58(49)63)42-19-7-4-8-20-42/h3-37H,1-2H3. The minimum absolute atomic E-state index is 0.109. The van der Waals surface area contributed by atoms with Crippen LogP contribution in [0.5, 0.6) is 0 Å². The number of benzene rings is 9. The minimum Gasteiger partial charge on any atom is -0.455 e. The van der Waals surface area contributed by atoms with E-state index in [9.17, 15) is 4.79 Å². The maximum absolute atomic E-state index is 14.4. The van der Waals surface area contributed by atoms with Gasteiger partial charge in [0.25, 0.3) is 5.56 Å². The molecule has 1 aliphatic rings. The quantitative estimate of drug-likeness (QED) is 0.161. The lowest BCUT2D eigenvalue weighted by Crippen LogP contribution is -2.22. The molecule has 0 bridgehead atoms. The second kappa shape index (κ2) is 14.7. The first-order chi connectivity index (χ1) is 31.4. The minimum atomic E-state index is -0.166. The molecule has 0 amide bonds. The molecule has 2 heterocycles. The summed E-state index contributed by atoms with van der Waals surface area (Å²) in [7, 11) is 0. The molecule has 304 valence electrons. The Balaban J connectivity index is 1.02. The number of furan rings is 1. The zero-order chi connectivity index (χ0) is 42.9. The van der Waals surface area contributed by atoms with Crippen molar-refractivity contribution in [3.05, 3.63) is 234 Å². The van der Waals surface area contributed by atoms with Gasteiger partial charge >= 0.3 is 0 Å². The third-order valence-electron chi connectivity index (χ3n) is 13.0. The van der Waals surface area contributed by atoms with Crippen LogP contribution in [0, 0.1) is 0 Å². The molecule has 0 unspecified atom stereocenters. The molecule has 1 aliphatic carbocycles. The van der Waals surface area contributed by atoms with Crippen LogP contribution in [-0.4, -0.2) is 9.55 Å². The van der Waals surface area contributed by atoms with E-state index in [4.69, 9.17) is 9.40 Å². The van der Waals surface area contributed by atoms with Gasteiger partial charge in [0.15, 0.2) is 0 Å². The maximum Gasteiger partial charge on any atom is 0.266 e. The molecule has 0 radical (unpaired) electrons. The van der Waals surface area contributed by atoms with Crippen LogP contribution in [0.3, 0.4) is 0 Å². The zero-order valence-electron chi connectivity index (χ0n) is 35.4. The Bertz CT molecular complexity index is 3660. The fourth-order valence-electron chi connectivity index (χ4n) is 9.90. The van der Waals surface area contributed by atoms with Crippen molar-refractivity contribution in [3.63, 3.8) is 0 Å². The third kappa shape index (κ3) is 5.93. The third-order valence-corrected chi connectivity index (χ3v) is 13.0. The first kappa shape index (κ1) is 37.5. The Labute approximate surface area is 370 Å². The second-order valence-corrected chi connectivity index (χ2v) is 17.1. The molecule has 12 rings (SSSR count). The predicted octanol–water partition coefficient (Wildman–Crippen LogP) is 15.1. The van der Waals surface area contributed by atoms with E-state index >= 15 is 0 Å². The van der Waals surface area contributed by atoms with E-state index in [0.717, 1.165) is 72.5 Å². The van der Waals surface area contributed by atoms with Crippen LogP contribution in [0.2, 0.25) is 0 Å². The van der Waals surface area contributed by atoms with Crippen molar-refractivity contribution in [1.82, 2.24) is 9.55 Å². The van der Waals surface area contributed by atoms with Crippen LogP contribution < -0.4 is 10.5 Å². The Hall–Kier alpha value is -8.28. The van der Waals surface area contributed by atoms with Gasteiger partial charge in [0.1, 0.15) is 17.0 Å². The highest BCUT2D eigenvalue weighted by Crippen LogP contribution is 2.54. The van der Waals surface area contributed by atoms with E-state index in [1.165, 1.54) is 22.3 Å². The van der Waals surface area contributed by atoms with Crippen LogP contribution in [0.1, 0.15) is 25.0 Å². The number of fused-ring (bicyclic) bond motifs is 7. The van der Waals surface area contributed by atoms with E-state index in [-0.39, 0.29) is 11.0 Å². The summed E-state index contributed by atoms with van der Waals surface area (Å²) in [5, 5.41) is 2.79. The van der Waals surface area contributed by atoms with Gasteiger partial charge in [-0.25, -0.2) is 4.98 Å². The molecule has 11 aromatic rings. The predicted molar refractivity (Wildman–Crippen MR) is 263 cm³/mol. The normalized spacial score (nSPS) is 12.7. The first-order valence-electron chi connectivity index (χ1n) is 21.7. The molecule has 2 aromatic heterocycles. The summed E-state index contributed by atoms with van der Waals surface area (Å²) < 4.78 is 8.19. The summed E-state index contributed by atoms with van der Waals surface area (Å²) in [6.07, 6.45) is 0. The van der Waals surface area contributed by atoms with Crippen LogP contribution in [0.15, 0.2) is 222 Å². The number of hydrogen-bond donors (Lipinski definition) is 0. The average Bonchev–Trinajstić information content (AvgIpc) is 3.84. The largest absolute Gasteiger partial charge is 0.455 e. The number of aromatic nitrogens is 2. The molecule has 0 N–H and O–H groups in total. The first-order valence-corrected chi connectivity index (χ1v) is 21.7. The number of hydrogen-bond acceptors (Lipinski definition) is 4. The SMILES string of the molecule is CC1(C)c2ccccc2-c2c(N(c3ccc(-c4cccc5c4oc4ccccc45)cc3)c3cccc(-c4ccc5c(=O)n(-c6ccccc6)c(-c6ccccc6)nc5c4)c3)cccc21. The summed E-state index contributed by atoms with van der Waals surface area (Å²) in [6, 6.07) is 73.4. The highest BCUT2D eigenvalue weighted by atomic mass is 16.3. The van der Waals surface area contributed by atoms with Gasteiger partial charge in [-0.05, 0) is 94.0 Å². The van der Waals surface area contributed by atoms with Crippen molar-refractivity contribution in [2.45, 2.75) is 19.3 Å². The van der Waals surface area contributed by atoms with E-state index in [1.807, 2.05) is 84.9 Å². The summed E-state index contributed by atoms with van der Waals surface area (Å²) in [5.74, 6) is 0.600. The number of rotatable bonds is 7. The topological polar surface area (TPSA) is 51.3 Å². The molecule has 0 aliphatic heterocycles. The molecular weight excluding hydrogens is 783 g/mol. The summed E-state index contributed by atoms with van der Waals surface area (Å²) in [4.78, 5) is 22.0. The number of para-hydroxylation sites is 3. The van der Waals surface area contributed by atoms with Gasteiger partial charge < -0.3 is 9.32 Å². The van der Waals surface area contributed by atoms with Crippen molar-refractivity contribution >= 4 is 49.9 Å². The fourth-order valence-corrected chi connectivity index (χ4v) is 9.90. The Morgan fingerprint density at radius 1 is 0.500 bits per heavy atom. The van der Waals surface area contributed by atoms with Crippen LogP contribution in [-0.2, 0) is 5.41 Å². The fraction of sp³-hybridized carbons (Fsp3) is 0.0508. The van der Waals surface area contributed by atoms with Gasteiger partial charge in [0.05, 0.1) is 22.3 Å². The molecule has 0 saturated heterocycles. The average molecular weight is 824 g/mol. The maximum atomic E-state index is 14.4. The molecule has 64 heavy (non-hydrogen) atoms. The monoisotopic (exact) mass is 823 g/mol. The molecule has 0 spiro atoms. The molecule has 0 saturated carbocycles. The van der Waals surface area contributed by atoms with Crippen LogP contribution >= 0.6 is 0 Å². The van der Waals surface area contributed by atoms with Gasteiger partial charge in [-0.2, -0.15) is 0 Å². The number of anilines is 3. The summed E-state index contributed by atoms with van der Waals surface area (Å²) in [5.41, 5.74) is 16.2. The van der Waals surface area contributed by atoms with E-state index < -0.39 is 0 Å². The Morgan fingerprint density at radius 2 is 1.14 bits per heavy atom. The zero-order valence-corrected chi connectivity index (χ0v) is 35.4. The lowest BCUT2D eigenvalue weighted by molar-refractivity contribution is 0.660. The highest BCUT2D eigenvalue weighted by Gasteiger charge is 2.37. The van der Waals surface area contributed by atoms with Gasteiger partial charge in [0, 0.05) is 44.3 Å². The van der Waals surface area contributed by atoms with Crippen molar-refractivity contribution in [3.8, 4) is 50.5 Å². The van der Waals surface area contributed by atoms with Crippen LogP contribution in [0.25, 0.3) is 83.3 Å². The Morgan fingerprint density at radius 3 is 1.98 bits per heavy atom. The lowest BCUT2D eigenvalue weighted by Gasteiger charge is -2.29. The molecule has 5 heteroatoms. The molecule has 5 nitrogen and oxygen atoms in total. The van der Waals surface area contributed by atoms with Crippen molar-refractivity contribution in [2.24, 2.45) is 0 Å². The Kier molecular flexibility index (Phi) is 8.60. The number of nitrogens with zero attached hydrogens (tertiary/aromatic N) is 3. The van der Waals surface area contributed by atoms with Gasteiger partial charge in [-0.15, -0.1) is 0 Å². The smallest absolute Gasteiger partial charge is 0.266 e.